The van der Waals surface area contributed by atoms with Crippen molar-refractivity contribution in [3.8, 4) is 5.69 Å². The van der Waals surface area contributed by atoms with Gasteiger partial charge in [0.2, 0.25) is 0 Å². The van der Waals surface area contributed by atoms with Crippen molar-refractivity contribution in [2.75, 3.05) is 5.73 Å². The number of halogens is 6. The predicted molar refractivity (Wildman–Crippen MR) is 102 cm³/mol. The molecule has 0 fully saturated rings. The third kappa shape index (κ3) is 3.75. The quantitative estimate of drug-likeness (QED) is 0.500. The van der Waals surface area contributed by atoms with Crippen LogP contribution in [-0.4, -0.2) is 14.8 Å². The van der Waals surface area contributed by atoms with E-state index in [1.807, 2.05) is 0 Å². The molecule has 0 aliphatic carbocycles. The Hall–Kier alpha value is -2.42. The number of fused-ring (bicyclic) bond motifs is 1. The number of aromatic nitrogens is 3. The number of pyridine rings is 1. The summed E-state index contributed by atoms with van der Waals surface area (Å²) < 4.78 is 69.3. The normalized spacial score (nSPS) is 12.9. The molecule has 4 nitrogen and oxygen atoms in total. The van der Waals surface area contributed by atoms with E-state index in [9.17, 15) is 22.0 Å². The molecule has 0 saturated carbocycles. The number of nitrogen functional groups attached to an aromatic ring is 1. The van der Waals surface area contributed by atoms with Gasteiger partial charge in [-0.15, -0.1) is 5.10 Å². The Kier molecular flexibility index (Phi) is 5.01. The first kappa shape index (κ1) is 21.3. The molecule has 29 heavy (non-hydrogen) atoms. The zero-order valence-electron chi connectivity index (χ0n) is 16.0. The second-order valence-corrected chi connectivity index (χ2v) is 7.66. The predicted octanol–water partition coefficient (Wildman–Crippen LogP) is 6.22. The molecule has 3 rings (SSSR count). The Labute approximate surface area is 168 Å². The van der Waals surface area contributed by atoms with Crippen LogP contribution in [0.1, 0.15) is 49.1 Å². The van der Waals surface area contributed by atoms with E-state index in [4.69, 9.17) is 17.3 Å². The highest BCUT2D eigenvalue weighted by Gasteiger charge is 2.36. The van der Waals surface area contributed by atoms with Gasteiger partial charge in [-0.25, -0.2) is 18.4 Å². The Morgan fingerprint density at radius 3 is 2.21 bits per heavy atom. The molecule has 0 spiro atoms. The lowest BCUT2D eigenvalue weighted by molar-refractivity contribution is -0.136. The summed E-state index contributed by atoms with van der Waals surface area (Å²) in [4.78, 5) is 4.20. The summed E-state index contributed by atoms with van der Waals surface area (Å²) in [7, 11) is 0. The molecular formula is C19H18ClF5N4. The maximum absolute atomic E-state index is 13.7. The molecule has 2 aromatic heterocycles. The van der Waals surface area contributed by atoms with E-state index in [0.717, 1.165) is 23.7 Å². The van der Waals surface area contributed by atoms with Gasteiger partial charge in [-0.1, -0.05) is 25.4 Å². The highest BCUT2D eigenvalue weighted by atomic mass is 35.5. The number of anilines is 1. The van der Waals surface area contributed by atoms with E-state index in [1.54, 1.807) is 13.8 Å². The molecule has 10 heteroatoms. The van der Waals surface area contributed by atoms with Gasteiger partial charge in [-0.05, 0) is 36.6 Å². The number of hydrogen-bond acceptors (Lipinski definition) is 3. The highest BCUT2D eigenvalue weighted by molar-refractivity contribution is 6.32. The molecule has 2 N–H and O–H groups in total. The maximum Gasteiger partial charge on any atom is 0.417 e. The molecule has 3 aromatic rings. The summed E-state index contributed by atoms with van der Waals surface area (Å²) >= 11 is 6.19. The van der Waals surface area contributed by atoms with Crippen molar-refractivity contribution in [2.24, 2.45) is 0 Å². The van der Waals surface area contributed by atoms with Crippen LogP contribution in [0.4, 0.5) is 27.8 Å². The van der Waals surface area contributed by atoms with Crippen molar-refractivity contribution in [2.45, 2.75) is 45.7 Å². The van der Waals surface area contributed by atoms with Crippen LogP contribution in [0, 0.1) is 6.92 Å². The van der Waals surface area contributed by atoms with Gasteiger partial charge >= 0.3 is 6.18 Å². The molecule has 0 aliphatic rings. The molecule has 2 heterocycles. The first-order valence-corrected chi connectivity index (χ1v) is 9.04. The summed E-state index contributed by atoms with van der Waals surface area (Å²) in [6, 6.07) is 3.20. The molecule has 0 atom stereocenters. The minimum absolute atomic E-state index is 0.112. The highest BCUT2D eigenvalue weighted by Crippen LogP contribution is 2.40. The second kappa shape index (κ2) is 6.83. The van der Waals surface area contributed by atoms with Crippen molar-refractivity contribution in [1.82, 2.24) is 14.8 Å². The van der Waals surface area contributed by atoms with E-state index in [1.165, 1.54) is 13.0 Å². The van der Waals surface area contributed by atoms with Gasteiger partial charge in [0.15, 0.2) is 5.65 Å². The molecule has 0 saturated heterocycles. The Bertz CT molecular complexity index is 1070. The summed E-state index contributed by atoms with van der Waals surface area (Å²) in [5.74, 6) is -3.73. The van der Waals surface area contributed by atoms with Gasteiger partial charge in [0.1, 0.15) is 5.82 Å². The number of nitrogens with two attached hydrogens (primary N) is 1. The SMILES string of the molecule is Cc1cc(C(C)(F)F)cc(Cl)c1-n1nc2nc(C(C)C)cc(C(F)(F)F)c2c1N. The summed E-state index contributed by atoms with van der Waals surface area (Å²) in [5.41, 5.74) is 5.15. The molecular weight excluding hydrogens is 415 g/mol. The number of benzene rings is 1. The standard InChI is InChI=1S/C19H18ClF5N4/c1-8(2)13-7-11(19(23,24)25)14-16(26)29(28-17(14)27-13)15-9(3)5-10(6-12(15)20)18(4,21)22/h5-8H,26H2,1-4H3. The molecule has 0 amide bonds. The molecule has 1 aromatic carbocycles. The molecule has 0 bridgehead atoms. The Morgan fingerprint density at radius 2 is 1.72 bits per heavy atom. The monoisotopic (exact) mass is 432 g/mol. The largest absolute Gasteiger partial charge is 0.417 e. The van der Waals surface area contributed by atoms with Crippen LogP contribution in [0.25, 0.3) is 16.7 Å². The van der Waals surface area contributed by atoms with E-state index < -0.39 is 17.7 Å². The van der Waals surface area contributed by atoms with Crippen molar-refractivity contribution in [1.29, 1.82) is 0 Å². The number of nitrogens with zero attached hydrogens (tertiary/aromatic N) is 3. The van der Waals surface area contributed by atoms with Crippen molar-refractivity contribution >= 4 is 28.5 Å². The van der Waals surface area contributed by atoms with Gasteiger partial charge in [0.05, 0.1) is 21.7 Å². The molecule has 0 unspecified atom stereocenters. The fraction of sp³-hybridized carbons (Fsp3) is 0.368. The average Bonchev–Trinajstić information content (AvgIpc) is 2.88. The topological polar surface area (TPSA) is 56.7 Å². The third-order valence-corrected chi connectivity index (χ3v) is 4.86. The lowest BCUT2D eigenvalue weighted by Crippen LogP contribution is -2.11. The summed E-state index contributed by atoms with van der Waals surface area (Å²) in [5, 5.41) is 3.65. The van der Waals surface area contributed by atoms with Crippen LogP contribution in [0.2, 0.25) is 5.02 Å². The zero-order valence-corrected chi connectivity index (χ0v) is 16.8. The summed E-state index contributed by atoms with van der Waals surface area (Å²) in [6.45, 7) is 5.64. The first-order valence-electron chi connectivity index (χ1n) is 8.67. The third-order valence-electron chi connectivity index (χ3n) is 4.57. The molecule has 0 aliphatic heterocycles. The van der Waals surface area contributed by atoms with Gasteiger partial charge in [-0.3, -0.25) is 0 Å². The van der Waals surface area contributed by atoms with Crippen LogP contribution < -0.4 is 5.73 Å². The lowest BCUT2D eigenvalue weighted by atomic mass is 10.0. The second-order valence-electron chi connectivity index (χ2n) is 7.25. The van der Waals surface area contributed by atoms with E-state index in [-0.39, 0.29) is 50.3 Å². The van der Waals surface area contributed by atoms with Crippen LogP contribution in [0.3, 0.4) is 0 Å². The van der Waals surface area contributed by atoms with Crippen molar-refractivity contribution in [3.05, 3.63) is 45.6 Å². The van der Waals surface area contributed by atoms with E-state index in [0.29, 0.717) is 0 Å². The number of aryl methyl sites for hydroxylation is 1. The van der Waals surface area contributed by atoms with Crippen LogP contribution in [0.15, 0.2) is 18.2 Å². The lowest BCUT2D eigenvalue weighted by Gasteiger charge is -2.16. The number of alkyl halides is 5. The fourth-order valence-corrected chi connectivity index (χ4v) is 3.42. The Morgan fingerprint density at radius 1 is 1.10 bits per heavy atom. The van der Waals surface area contributed by atoms with Crippen molar-refractivity contribution < 1.29 is 22.0 Å². The smallest absolute Gasteiger partial charge is 0.383 e. The minimum Gasteiger partial charge on any atom is -0.383 e. The number of hydrogen-bond donors (Lipinski definition) is 1. The molecule has 0 radical (unpaired) electrons. The fourth-order valence-electron chi connectivity index (χ4n) is 3.08. The van der Waals surface area contributed by atoms with Crippen molar-refractivity contribution in [3.63, 3.8) is 0 Å². The van der Waals surface area contributed by atoms with E-state index in [2.05, 4.69) is 10.1 Å². The number of rotatable bonds is 3. The van der Waals surface area contributed by atoms with Gasteiger partial charge in [-0.2, -0.15) is 13.2 Å². The van der Waals surface area contributed by atoms with Crippen LogP contribution >= 0.6 is 11.6 Å². The zero-order chi connectivity index (χ0) is 21.9. The average molecular weight is 433 g/mol. The van der Waals surface area contributed by atoms with Gasteiger partial charge < -0.3 is 5.73 Å². The van der Waals surface area contributed by atoms with Gasteiger partial charge in [0.25, 0.3) is 5.92 Å². The maximum atomic E-state index is 13.7. The molecule has 156 valence electrons. The summed E-state index contributed by atoms with van der Waals surface area (Å²) in [6.07, 6.45) is -4.68. The minimum atomic E-state index is -4.68. The van der Waals surface area contributed by atoms with Gasteiger partial charge in [0, 0.05) is 18.2 Å². The van der Waals surface area contributed by atoms with Crippen LogP contribution in [-0.2, 0) is 12.1 Å². The van der Waals surface area contributed by atoms with Crippen LogP contribution in [0.5, 0.6) is 0 Å². The van der Waals surface area contributed by atoms with E-state index >= 15 is 0 Å². The first-order chi connectivity index (χ1) is 13.2. The Balaban J connectivity index is 2.35.